The third kappa shape index (κ3) is 3.41. The molecule has 0 radical (unpaired) electrons. The van der Waals surface area contributed by atoms with Gasteiger partial charge in [-0.2, -0.15) is 0 Å². The molecule has 3 nitrogen and oxygen atoms in total. The monoisotopic (exact) mass is 301 g/mol. The van der Waals surface area contributed by atoms with E-state index in [-0.39, 0.29) is 12.0 Å². The second-order valence-electron chi connectivity index (χ2n) is 4.99. The van der Waals surface area contributed by atoms with Gasteiger partial charge in [-0.25, -0.2) is 0 Å². The number of carbonyl (C=O) groups is 1. The molecule has 0 amide bonds. The second-order valence-corrected chi connectivity index (χ2v) is 5.83. The highest BCUT2D eigenvalue weighted by Gasteiger charge is 2.28. The van der Waals surface area contributed by atoms with Crippen molar-refractivity contribution in [1.82, 2.24) is 4.90 Å². The molecule has 0 spiro atoms. The maximum atomic E-state index is 10.9. The van der Waals surface area contributed by atoms with Gasteiger partial charge in [0.2, 0.25) is 0 Å². The number of halogens is 2. The highest BCUT2D eigenvalue weighted by molar-refractivity contribution is 6.33. The van der Waals surface area contributed by atoms with Gasteiger partial charge in [-0.1, -0.05) is 23.2 Å². The molecule has 1 aromatic carbocycles. The molecule has 1 saturated heterocycles. The molecular weight excluding hydrogens is 285 g/mol. The standard InChI is InChI=1S/C14H17Cl2NO2/c1-9(12-8-11(15)2-3-13(12)16)17-6-4-10(5-7-17)14(18)19/h2-3,8-10H,4-7H2,1H3,(H,18,19). The Hall–Kier alpha value is -0.770. The maximum Gasteiger partial charge on any atom is 0.306 e. The molecule has 0 aliphatic carbocycles. The average molecular weight is 302 g/mol. The topological polar surface area (TPSA) is 40.5 Å². The summed E-state index contributed by atoms with van der Waals surface area (Å²) in [6, 6.07) is 5.62. The van der Waals surface area contributed by atoms with Gasteiger partial charge in [-0.3, -0.25) is 9.69 Å². The van der Waals surface area contributed by atoms with Crippen LogP contribution in [-0.4, -0.2) is 29.1 Å². The molecule has 0 saturated carbocycles. The van der Waals surface area contributed by atoms with Crippen LogP contribution in [0.5, 0.6) is 0 Å². The summed E-state index contributed by atoms with van der Waals surface area (Å²) in [5.41, 5.74) is 1.00. The van der Waals surface area contributed by atoms with E-state index < -0.39 is 5.97 Å². The molecule has 19 heavy (non-hydrogen) atoms. The Kier molecular flexibility index (Phi) is 4.71. The van der Waals surface area contributed by atoms with Crippen molar-refractivity contribution in [2.24, 2.45) is 5.92 Å². The fourth-order valence-corrected chi connectivity index (χ4v) is 3.02. The minimum Gasteiger partial charge on any atom is -0.481 e. The molecule has 1 heterocycles. The van der Waals surface area contributed by atoms with E-state index in [1.165, 1.54) is 0 Å². The van der Waals surface area contributed by atoms with Crippen LogP contribution in [0, 0.1) is 5.92 Å². The number of aliphatic carboxylic acids is 1. The third-order valence-corrected chi connectivity index (χ3v) is 4.41. The van der Waals surface area contributed by atoms with E-state index in [0.29, 0.717) is 22.9 Å². The maximum absolute atomic E-state index is 10.9. The van der Waals surface area contributed by atoms with Crippen molar-refractivity contribution >= 4 is 29.2 Å². The molecule has 1 aliphatic rings. The number of carboxylic acids is 1. The first-order valence-electron chi connectivity index (χ1n) is 6.41. The van der Waals surface area contributed by atoms with E-state index >= 15 is 0 Å². The van der Waals surface area contributed by atoms with Crippen molar-refractivity contribution < 1.29 is 9.90 Å². The Balaban J connectivity index is 2.07. The molecule has 1 aromatic rings. The number of nitrogens with zero attached hydrogens (tertiary/aromatic N) is 1. The van der Waals surface area contributed by atoms with Gasteiger partial charge >= 0.3 is 5.97 Å². The normalized spacial score (nSPS) is 19.3. The number of piperidine rings is 1. The highest BCUT2D eigenvalue weighted by Crippen LogP contribution is 2.32. The molecule has 104 valence electrons. The first-order valence-corrected chi connectivity index (χ1v) is 7.16. The zero-order valence-electron chi connectivity index (χ0n) is 10.8. The van der Waals surface area contributed by atoms with Crippen LogP contribution in [0.1, 0.15) is 31.4 Å². The fraction of sp³-hybridized carbons (Fsp3) is 0.500. The Morgan fingerprint density at radius 2 is 2.00 bits per heavy atom. The van der Waals surface area contributed by atoms with Crippen LogP contribution >= 0.6 is 23.2 Å². The van der Waals surface area contributed by atoms with Gasteiger partial charge in [-0.15, -0.1) is 0 Å². The van der Waals surface area contributed by atoms with Crippen LogP contribution in [-0.2, 0) is 4.79 Å². The van der Waals surface area contributed by atoms with E-state index in [1.54, 1.807) is 12.1 Å². The molecule has 1 fully saturated rings. The van der Waals surface area contributed by atoms with Gasteiger partial charge < -0.3 is 5.11 Å². The van der Waals surface area contributed by atoms with Crippen LogP contribution in [0.2, 0.25) is 10.0 Å². The SMILES string of the molecule is CC(c1cc(Cl)ccc1Cl)N1CCC(C(=O)O)CC1. The summed E-state index contributed by atoms with van der Waals surface area (Å²) in [6.45, 7) is 3.64. The lowest BCUT2D eigenvalue weighted by Gasteiger charge is -2.35. The van der Waals surface area contributed by atoms with Gasteiger partial charge in [0, 0.05) is 16.1 Å². The molecule has 1 atom stereocenters. The summed E-state index contributed by atoms with van der Waals surface area (Å²) in [4.78, 5) is 13.2. The number of likely N-dealkylation sites (tertiary alicyclic amines) is 1. The van der Waals surface area contributed by atoms with E-state index in [0.717, 1.165) is 18.7 Å². The summed E-state index contributed by atoms with van der Waals surface area (Å²) >= 11 is 12.2. The molecule has 1 aliphatic heterocycles. The number of benzene rings is 1. The Bertz CT molecular complexity index is 471. The van der Waals surface area contributed by atoms with Crippen LogP contribution in [0.3, 0.4) is 0 Å². The largest absolute Gasteiger partial charge is 0.481 e. The van der Waals surface area contributed by atoms with Crippen molar-refractivity contribution in [3.63, 3.8) is 0 Å². The van der Waals surface area contributed by atoms with Crippen molar-refractivity contribution in [2.45, 2.75) is 25.8 Å². The van der Waals surface area contributed by atoms with E-state index in [4.69, 9.17) is 28.3 Å². The molecule has 2 rings (SSSR count). The third-order valence-electron chi connectivity index (χ3n) is 3.83. The van der Waals surface area contributed by atoms with Crippen LogP contribution in [0.25, 0.3) is 0 Å². The van der Waals surface area contributed by atoms with Gasteiger partial charge in [0.25, 0.3) is 0 Å². The number of hydrogen-bond acceptors (Lipinski definition) is 2. The predicted octanol–water partition coefficient (Wildman–Crippen LogP) is 3.85. The minimum absolute atomic E-state index is 0.154. The van der Waals surface area contributed by atoms with Crippen LogP contribution in [0.4, 0.5) is 0 Å². The van der Waals surface area contributed by atoms with Crippen LogP contribution in [0.15, 0.2) is 18.2 Å². The number of rotatable bonds is 3. The van der Waals surface area contributed by atoms with E-state index in [2.05, 4.69) is 11.8 Å². The lowest BCUT2D eigenvalue weighted by Crippen LogP contribution is -2.37. The molecule has 1 N–H and O–H groups in total. The zero-order valence-corrected chi connectivity index (χ0v) is 12.3. The summed E-state index contributed by atoms with van der Waals surface area (Å²) < 4.78 is 0. The van der Waals surface area contributed by atoms with Crippen molar-refractivity contribution in [1.29, 1.82) is 0 Å². The Morgan fingerprint density at radius 3 is 2.58 bits per heavy atom. The molecule has 1 unspecified atom stereocenters. The first kappa shape index (κ1) is 14.6. The summed E-state index contributed by atoms with van der Waals surface area (Å²) in [5.74, 6) is -0.897. The fourth-order valence-electron chi connectivity index (χ4n) is 2.57. The molecule has 0 bridgehead atoms. The second kappa shape index (κ2) is 6.12. The number of hydrogen-bond donors (Lipinski definition) is 1. The van der Waals surface area contributed by atoms with E-state index in [1.807, 2.05) is 6.07 Å². The predicted molar refractivity (Wildman–Crippen MR) is 76.8 cm³/mol. The summed E-state index contributed by atoms with van der Waals surface area (Å²) in [5, 5.41) is 10.4. The van der Waals surface area contributed by atoms with Gasteiger partial charge in [-0.05, 0) is 56.6 Å². The van der Waals surface area contributed by atoms with E-state index in [9.17, 15) is 4.79 Å². The van der Waals surface area contributed by atoms with Crippen molar-refractivity contribution in [3.8, 4) is 0 Å². The number of carboxylic acid groups (broad SMARTS) is 1. The quantitative estimate of drug-likeness (QED) is 0.922. The average Bonchev–Trinajstić information content (AvgIpc) is 2.41. The van der Waals surface area contributed by atoms with Gasteiger partial charge in [0.15, 0.2) is 0 Å². The molecule has 0 aromatic heterocycles. The summed E-state index contributed by atoms with van der Waals surface area (Å²) in [6.07, 6.45) is 1.38. The summed E-state index contributed by atoms with van der Waals surface area (Å²) in [7, 11) is 0. The zero-order chi connectivity index (χ0) is 14.0. The lowest BCUT2D eigenvalue weighted by molar-refractivity contribution is -0.143. The molecule has 5 heteroatoms. The lowest BCUT2D eigenvalue weighted by atomic mass is 9.95. The van der Waals surface area contributed by atoms with Gasteiger partial charge in [0.1, 0.15) is 0 Å². The van der Waals surface area contributed by atoms with Gasteiger partial charge in [0.05, 0.1) is 5.92 Å². The Labute approximate surface area is 123 Å². The van der Waals surface area contributed by atoms with Crippen molar-refractivity contribution in [2.75, 3.05) is 13.1 Å². The highest BCUT2D eigenvalue weighted by atomic mass is 35.5. The first-order chi connectivity index (χ1) is 8.99. The molecular formula is C14H17Cl2NO2. The smallest absolute Gasteiger partial charge is 0.306 e. The minimum atomic E-state index is -0.687. The van der Waals surface area contributed by atoms with Crippen molar-refractivity contribution in [3.05, 3.63) is 33.8 Å². The Morgan fingerprint density at radius 1 is 1.37 bits per heavy atom. The van der Waals surface area contributed by atoms with Crippen LogP contribution < -0.4 is 0 Å².